The van der Waals surface area contributed by atoms with Crippen molar-refractivity contribution in [2.24, 2.45) is 16.8 Å². The summed E-state index contributed by atoms with van der Waals surface area (Å²) in [5, 5.41) is 16.0. The molecule has 1 rings (SSSR count). The van der Waals surface area contributed by atoms with Gasteiger partial charge in [-0.3, -0.25) is 14.9 Å². The lowest BCUT2D eigenvalue weighted by atomic mass is 10.2. The number of benzene rings is 1. The first-order valence-electron chi connectivity index (χ1n) is 5.78. The predicted octanol–water partition coefficient (Wildman–Crippen LogP) is 0.0508. The zero-order chi connectivity index (χ0) is 16.4. The third-order valence-corrected chi connectivity index (χ3v) is 3.79. The molecular formula is C11H15N3O6S. The van der Waals surface area contributed by atoms with Gasteiger partial charge in [-0.05, 0) is 18.6 Å². The number of primary amides is 1. The number of nitro groups is 1. The molecule has 1 amide bonds. The van der Waals surface area contributed by atoms with Crippen LogP contribution in [0.5, 0.6) is 5.75 Å². The molecule has 1 unspecified atom stereocenters. The minimum Gasteiger partial charge on any atom is -0.486 e. The molecule has 9 nitrogen and oxygen atoms in total. The fourth-order valence-corrected chi connectivity index (χ4v) is 2.30. The molecular weight excluding hydrogens is 302 g/mol. The molecule has 0 aromatic heterocycles. The van der Waals surface area contributed by atoms with E-state index in [1.165, 1.54) is 19.9 Å². The summed E-state index contributed by atoms with van der Waals surface area (Å²) in [6.07, 6.45) is 0. The van der Waals surface area contributed by atoms with Crippen molar-refractivity contribution in [3.63, 3.8) is 0 Å². The highest BCUT2D eigenvalue weighted by Gasteiger charge is 2.23. The summed E-state index contributed by atoms with van der Waals surface area (Å²) in [5.74, 6) is -1.42. The topological polar surface area (TPSA) is 156 Å². The quantitative estimate of drug-likeness (QED) is 0.557. The van der Waals surface area contributed by atoms with E-state index in [9.17, 15) is 23.3 Å². The first kappa shape index (κ1) is 16.9. The van der Waals surface area contributed by atoms with Crippen molar-refractivity contribution in [3.8, 4) is 5.75 Å². The van der Waals surface area contributed by atoms with Crippen LogP contribution in [0.2, 0.25) is 0 Å². The normalized spacial score (nSPS) is 12.7. The van der Waals surface area contributed by atoms with E-state index in [1.807, 2.05) is 0 Å². The van der Waals surface area contributed by atoms with Crippen LogP contribution in [0.1, 0.15) is 12.5 Å². The number of amides is 1. The minimum atomic E-state index is -4.09. The first-order valence-corrected chi connectivity index (χ1v) is 7.32. The number of carbonyl (C=O) groups excluding carboxylic acids is 1. The van der Waals surface area contributed by atoms with Crippen LogP contribution in [0.4, 0.5) is 5.69 Å². The van der Waals surface area contributed by atoms with E-state index in [0.29, 0.717) is 0 Å². The average Bonchev–Trinajstić information content (AvgIpc) is 2.33. The summed E-state index contributed by atoms with van der Waals surface area (Å²) in [4.78, 5) is 20.7. The van der Waals surface area contributed by atoms with Crippen molar-refractivity contribution >= 4 is 21.6 Å². The van der Waals surface area contributed by atoms with Crippen LogP contribution in [0.3, 0.4) is 0 Å². The second kappa shape index (κ2) is 6.06. The molecule has 116 valence electrons. The average molecular weight is 317 g/mol. The van der Waals surface area contributed by atoms with Crippen LogP contribution in [-0.4, -0.2) is 25.9 Å². The van der Waals surface area contributed by atoms with Gasteiger partial charge in [0.15, 0.2) is 5.75 Å². The molecule has 1 aromatic rings. The molecule has 1 atom stereocenters. The lowest BCUT2D eigenvalue weighted by Gasteiger charge is -2.12. The monoisotopic (exact) mass is 317 g/mol. The van der Waals surface area contributed by atoms with Gasteiger partial charge in [0, 0.05) is 6.07 Å². The fourth-order valence-electron chi connectivity index (χ4n) is 1.51. The summed E-state index contributed by atoms with van der Waals surface area (Å²) >= 11 is 0. The van der Waals surface area contributed by atoms with Crippen molar-refractivity contribution < 1.29 is 22.9 Å². The molecule has 10 heteroatoms. The highest BCUT2D eigenvalue weighted by atomic mass is 32.2. The van der Waals surface area contributed by atoms with Gasteiger partial charge in [-0.15, -0.1) is 0 Å². The molecule has 4 N–H and O–H groups in total. The molecule has 0 aliphatic carbocycles. The van der Waals surface area contributed by atoms with E-state index in [0.717, 1.165) is 6.07 Å². The van der Waals surface area contributed by atoms with Crippen LogP contribution >= 0.6 is 0 Å². The SMILES string of the molecule is Cc1cc(OCC(C)C(N)=O)c([N+](=O)[O-])cc1S(N)(=O)=O. The van der Waals surface area contributed by atoms with E-state index in [2.05, 4.69) is 0 Å². The largest absolute Gasteiger partial charge is 0.486 e. The van der Waals surface area contributed by atoms with Crippen LogP contribution in [0, 0.1) is 23.0 Å². The number of ether oxygens (including phenoxy) is 1. The highest BCUT2D eigenvalue weighted by Crippen LogP contribution is 2.32. The van der Waals surface area contributed by atoms with Crippen LogP contribution in [0.15, 0.2) is 17.0 Å². The van der Waals surface area contributed by atoms with E-state index in [-0.39, 0.29) is 22.8 Å². The number of nitrogens with zero attached hydrogens (tertiary/aromatic N) is 1. The third-order valence-electron chi connectivity index (χ3n) is 2.73. The van der Waals surface area contributed by atoms with Gasteiger partial charge >= 0.3 is 5.69 Å². The molecule has 0 radical (unpaired) electrons. The predicted molar refractivity (Wildman–Crippen MR) is 73.1 cm³/mol. The smallest absolute Gasteiger partial charge is 0.312 e. The summed E-state index contributed by atoms with van der Waals surface area (Å²) in [6.45, 7) is 2.76. The van der Waals surface area contributed by atoms with Crippen LogP contribution in [0.25, 0.3) is 0 Å². The Morgan fingerprint density at radius 3 is 2.48 bits per heavy atom. The Labute approximate surface area is 121 Å². The minimum absolute atomic E-state index is 0.155. The number of nitrogens with two attached hydrogens (primary N) is 2. The van der Waals surface area contributed by atoms with Crippen molar-refractivity contribution in [3.05, 3.63) is 27.8 Å². The van der Waals surface area contributed by atoms with Gasteiger partial charge in [-0.25, -0.2) is 13.6 Å². The van der Waals surface area contributed by atoms with Crippen molar-refractivity contribution in [2.75, 3.05) is 6.61 Å². The molecule has 0 aliphatic heterocycles. The van der Waals surface area contributed by atoms with Gasteiger partial charge < -0.3 is 10.5 Å². The Balaban J connectivity index is 3.24. The number of nitro benzene ring substituents is 1. The lowest BCUT2D eigenvalue weighted by Crippen LogP contribution is -2.26. The number of rotatable bonds is 6. The van der Waals surface area contributed by atoms with E-state index in [1.54, 1.807) is 0 Å². The number of hydrogen-bond acceptors (Lipinski definition) is 6. The van der Waals surface area contributed by atoms with E-state index >= 15 is 0 Å². The highest BCUT2D eigenvalue weighted by molar-refractivity contribution is 7.89. The molecule has 21 heavy (non-hydrogen) atoms. The Morgan fingerprint density at radius 2 is 2.05 bits per heavy atom. The summed E-state index contributed by atoms with van der Waals surface area (Å²) < 4.78 is 27.9. The van der Waals surface area contributed by atoms with Gasteiger partial charge in [0.05, 0.1) is 22.3 Å². The maximum Gasteiger partial charge on any atom is 0.312 e. The zero-order valence-electron chi connectivity index (χ0n) is 11.4. The van der Waals surface area contributed by atoms with Crippen molar-refractivity contribution in [1.29, 1.82) is 0 Å². The molecule has 0 bridgehead atoms. The molecule has 0 saturated carbocycles. The van der Waals surface area contributed by atoms with Crippen LogP contribution < -0.4 is 15.6 Å². The fraction of sp³-hybridized carbons (Fsp3) is 0.364. The third kappa shape index (κ3) is 4.13. The van der Waals surface area contributed by atoms with E-state index < -0.39 is 32.5 Å². The molecule has 0 saturated heterocycles. The number of aryl methyl sites for hydroxylation is 1. The van der Waals surface area contributed by atoms with Gasteiger partial charge in [0.25, 0.3) is 0 Å². The molecule has 1 aromatic carbocycles. The number of primary sulfonamides is 1. The zero-order valence-corrected chi connectivity index (χ0v) is 12.2. The molecule has 0 spiro atoms. The number of carbonyl (C=O) groups is 1. The molecule has 0 heterocycles. The Bertz CT molecular complexity index is 685. The van der Waals surface area contributed by atoms with Gasteiger partial charge in [0.1, 0.15) is 0 Å². The molecule has 0 fully saturated rings. The van der Waals surface area contributed by atoms with Crippen molar-refractivity contribution in [2.45, 2.75) is 18.7 Å². The number of hydrogen-bond donors (Lipinski definition) is 2. The summed E-state index contributed by atoms with van der Waals surface area (Å²) in [5.41, 5.74) is 4.70. The second-order valence-electron chi connectivity index (χ2n) is 4.50. The van der Waals surface area contributed by atoms with Crippen molar-refractivity contribution in [1.82, 2.24) is 0 Å². The van der Waals surface area contributed by atoms with Gasteiger partial charge in [0.2, 0.25) is 15.9 Å². The lowest BCUT2D eigenvalue weighted by molar-refractivity contribution is -0.386. The standard InChI is InChI=1S/C11H15N3O6S/c1-6-3-9(20-5-7(2)11(12)15)8(14(16)17)4-10(6)21(13,18)19/h3-4,7H,5H2,1-2H3,(H2,12,15)(H2,13,18,19). The Hall–Kier alpha value is -2.20. The summed E-state index contributed by atoms with van der Waals surface area (Å²) in [7, 11) is -4.09. The maximum atomic E-state index is 11.3. The first-order chi connectivity index (χ1) is 9.54. The van der Waals surface area contributed by atoms with Crippen LogP contribution in [-0.2, 0) is 14.8 Å². The van der Waals surface area contributed by atoms with Gasteiger partial charge in [-0.1, -0.05) is 6.92 Å². The maximum absolute atomic E-state index is 11.3. The molecule has 0 aliphatic rings. The van der Waals surface area contributed by atoms with Gasteiger partial charge in [-0.2, -0.15) is 0 Å². The Morgan fingerprint density at radius 1 is 1.48 bits per heavy atom. The summed E-state index contributed by atoms with van der Waals surface area (Å²) in [6, 6.07) is 2.01. The Kier molecular flexibility index (Phi) is 4.86. The number of sulfonamides is 1. The second-order valence-corrected chi connectivity index (χ2v) is 6.03. The van der Waals surface area contributed by atoms with E-state index in [4.69, 9.17) is 15.6 Å².